The fourth-order valence-electron chi connectivity index (χ4n) is 2.08. The Labute approximate surface area is 110 Å². The van der Waals surface area contributed by atoms with Crippen molar-refractivity contribution in [1.29, 1.82) is 0 Å². The molecule has 0 spiro atoms. The van der Waals surface area contributed by atoms with Crippen molar-refractivity contribution in [3.8, 4) is 0 Å². The molecule has 1 heterocycles. The van der Waals surface area contributed by atoms with E-state index >= 15 is 0 Å². The van der Waals surface area contributed by atoms with Crippen LogP contribution in [-0.4, -0.2) is 50.2 Å². The lowest BCUT2D eigenvalue weighted by atomic mass is 9.98. The first-order valence-electron chi connectivity index (χ1n) is 6.17. The molecule has 1 saturated heterocycles. The van der Waals surface area contributed by atoms with E-state index in [2.05, 4.69) is 5.32 Å². The highest BCUT2D eigenvalue weighted by molar-refractivity contribution is 5.85. The molecule has 1 atom stereocenters. The first kappa shape index (κ1) is 16.7. The van der Waals surface area contributed by atoms with Gasteiger partial charge in [-0.3, -0.25) is 4.79 Å². The quantitative estimate of drug-likeness (QED) is 0.814. The van der Waals surface area contributed by atoms with Crippen molar-refractivity contribution >= 4 is 18.3 Å². The van der Waals surface area contributed by atoms with Gasteiger partial charge >= 0.3 is 0 Å². The molecule has 0 aromatic carbocycles. The predicted octanol–water partition coefficient (Wildman–Crippen LogP) is 1.29. The molecule has 1 unspecified atom stereocenters. The van der Waals surface area contributed by atoms with Gasteiger partial charge in [-0.15, -0.1) is 12.4 Å². The van der Waals surface area contributed by atoms with Crippen LogP contribution >= 0.6 is 12.4 Å². The van der Waals surface area contributed by atoms with E-state index in [-0.39, 0.29) is 31.0 Å². The second-order valence-electron chi connectivity index (χ2n) is 4.77. The van der Waals surface area contributed by atoms with Crippen LogP contribution in [0.1, 0.15) is 26.7 Å². The van der Waals surface area contributed by atoms with Gasteiger partial charge in [0.05, 0.1) is 6.10 Å². The van der Waals surface area contributed by atoms with Crippen LogP contribution < -0.4 is 5.32 Å². The summed E-state index contributed by atoms with van der Waals surface area (Å²) in [4.78, 5) is 13.8. The number of amides is 1. The lowest BCUT2D eigenvalue weighted by molar-refractivity contribution is -0.139. The molecule has 0 aromatic rings. The summed E-state index contributed by atoms with van der Waals surface area (Å²) < 4.78 is 5.35. The van der Waals surface area contributed by atoms with E-state index in [0.717, 1.165) is 26.1 Å². The summed E-state index contributed by atoms with van der Waals surface area (Å²) in [6.45, 7) is 6.89. The van der Waals surface area contributed by atoms with Gasteiger partial charge in [-0.2, -0.15) is 0 Å². The third kappa shape index (κ3) is 6.24. The molecular weight excluding hydrogens is 240 g/mol. The Kier molecular flexibility index (Phi) is 8.56. The molecule has 0 aliphatic carbocycles. The number of ether oxygens (including phenoxy) is 1. The minimum Gasteiger partial charge on any atom is -0.369 e. The van der Waals surface area contributed by atoms with E-state index in [9.17, 15) is 4.79 Å². The van der Waals surface area contributed by atoms with Gasteiger partial charge < -0.3 is 15.0 Å². The minimum absolute atomic E-state index is 0. The van der Waals surface area contributed by atoms with E-state index in [4.69, 9.17) is 4.74 Å². The Morgan fingerprint density at radius 1 is 1.53 bits per heavy atom. The first-order valence-corrected chi connectivity index (χ1v) is 6.17. The lowest BCUT2D eigenvalue weighted by Crippen LogP contribution is -2.44. The molecule has 1 rings (SSSR count). The maximum Gasteiger partial charge on any atom is 0.248 e. The summed E-state index contributed by atoms with van der Waals surface area (Å²) in [5.41, 5.74) is 0. The van der Waals surface area contributed by atoms with Crippen molar-refractivity contribution in [2.24, 2.45) is 5.92 Å². The lowest BCUT2D eigenvalue weighted by Gasteiger charge is -2.32. The average Bonchev–Trinajstić information content (AvgIpc) is 2.26. The summed E-state index contributed by atoms with van der Waals surface area (Å²) in [5.74, 6) is 0.733. The topological polar surface area (TPSA) is 41.6 Å². The minimum atomic E-state index is 0. The van der Waals surface area contributed by atoms with Gasteiger partial charge in [-0.25, -0.2) is 0 Å². The summed E-state index contributed by atoms with van der Waals surface area (Å²) in [6.07, 6.45) is 2.46. The fraction of sp³-hybridized carbons (Fsp3) is 0.917. The van der Waals surface area contributed by atoms with E-state index in [1.165, 1.54) is 6.42 Å². The number of piperidine rings is 1. The summed E-state index contributed by atoms with van der Waals surface area (Å²) in [5, 5.41) is 3.18. The van der Waals surface area contributed by atoms with Gasteiger partial charge in [-0.05, 0) is 46.2 Å². The molecule has 1 aliphatic rings. The largest absolute Gasteiger partial charge is 0.369 e. The Hall–Kier alpha value is -0.320. The standard InChI is InChI=1S/C12H24N2O2.ClH/c1-10(2)16-9-12(15)14-6-4-5-11(8-14)7-13-3;/h10-11,13H,4-9H2,1-3H3;1H. The molecule has 0 radical (unpaired) electrons. The maximum atomic E-state index is 11.8. The molecule has 4 nitrogen and oxygen atoms in total. The first-order chi connectivity index (χ1) is 7.63. The number of hydrogen-bond donors (Lipinski definition) is 1. The van der Waals surface area contributed by atoms with Gasteiger partial charge in [0.1, 0.15) is 6.61 Å². The number of carbonyl (C=O) groups is 1. The highest BCUT2D eigenvalue weighted by atomic mass is 35.5. The van der Waals surface area contributed by atoms with Crippen molar-refractivity contribution in [2.75, 3.05) is 33.3 Å². The highest BCUT2D eigenvalue weighted by Crippen LogP contribution is 2.15. The normalized spacial score (nSPS) is 20.2. The number of nitrogens with one attached hydrogen (secondary N) is 1. The van der Waals surface area contributed by atoms with Crippen molar-refractivity contribution in [2.45, 2.75) is 32.8 Å². The molecule has 0 aromatic heterocycles. The number of rotatable bonds is 5. The number of nitrogens with zero attached hydrogens (tertiary/aromatic N) is 1. The summed E-state index contributed by atoms with van der Waals surface area (Å²) >= 11 is 0. The van der Waals surface area contributed by atoms with Gasteiger partial charge in [0, 0.05) is 13.1 Å². The highest BCUT2D eigenvalue weighted by Gasteiger charge is 2.23. The Morgan fingerprint density at radius 2 is 2.24 bits per heavy atom. The van der Waals surface area contributed by atoms with Crippen molar-refractivity contribution < 1.29 is 9.53 Å². The molecule has 0 saturated carbocycles. The molecule has 1 aliphatic heterocycles. The Balaban J connectivity index is 0.00000256. The van der Waals surface area contributed by atoms with Crippen LogP contribution in [0.5, 0.6) is 0 Å². The van der Waals surface area contributed by atoms with Crippen LogP contribution in [0.15, 0.2) is 0 Å². The molecule has 5 heteroatoms. The molecule has 0 bridgehead atoms. The van der Waals surface area contributed by atoms with Crippen LogP contribution in [0.2, 0.25) is 0 Å². The molecule has 102 valence electrons. The number of likely N-dealkylation sites (tertiary alicyclic amines) is 1. The van der Waals surface area contributed by atoms with Crippen LogP contribution in [0.4, 0.5) is 0 Å². The average molecular weight is 265 g/mol. The third-order valence-corrected chi connectivity index (χ3v) is 2.90. The molecule has 17 heavy (non-hydrogen) atoms. The number of halogens is 1. The zero-order chi connectivity index (χ0) is 12.0. The fourth-order valence-corrected chi connectivity index (χ4v) is 2.08. The Bertz CT molecular complexity index is 223. The summed E-state index contributed by atoms with van der Waals surface area (Å²) in [7, 11) is 1.96. The van der Waals surface area contributed by atoms with E-state index < -0.39 is 0 Å². The van der Waals surface area contributed by atoms with Crippen molar-refractivity contribution in [1.82, 2.24) is 10.2 Å². The zero-order valence-corrected chi connectivity index (χ0v) is 11.9. The molecular formula is C12H25ClN2O2. The SMILES string of the molecule is CNCC1CCCN(C(=O)COC(C)C)C1.Cl. The number of hydrogen-bond acceptors (Lipinski definition) is 3. The van der Waals surface area contributed by atoms with Crippen LogP contribution in [-0.2, 0) is 9.53 Å². The second-order valence-corrected chi connectivity index (χ2v) is 4.77. The molecule has 1 amide bonds. The van der Waals surface area contributed by atoms with Gasteiger partial charge in [-0.1, -0.05) is 0 Å². The van der Waals surface area contributed by atoms with E-state index in [1.54, 1.807) is 0 Å². The van der Waals surface area contributed by atoms with Crippen LogP contribution in [0.3, 0.4) is 0 Å². The zero-order valence-electron chi connectivity index (χ0n) is 11.1. The molecule has 1 fully saturated rings. The summed E-state index contributed by atoms with van der Waals surface area (Å²) in [6, 6.07) is 0. The third-order valence-electron chi connectivity index (χ3n) is 2.90. The smallest absolute Gasteiger partial charge is 0.248 e. The second kappa shape index (κ2) is 8.72. The van der Waals surface area contributed by atoms with E-state index in [0.29, 0.717) is 5.92 Å². The van der Waals surface area contributed by atoms with Crippen LogP contribution in [0, 0.1) is 5.92 Å². The van der Waals surface area contributed by atoms with Crippen molar-refractivity contribution in [3.05, 3.63) is 0 Å². The van der Waals surface area contributed by atoms with Gasteiger partial charge in [0.15, 0.2) is 0 Å². The van der Waals surface area contributed by atoms with Crippen LogP contribution in [0.25, 0.3) is 0 Å². The monoisotopic (exact) mass is 264 g/mol. The van der Waals surface area contributed by atoms with Crippen molar-refractivity contribution in [3.63, 3.8) is 0 Å². The molecule has 1 N–H and O–H groups in total. The van der Waals surface area contributed by atoms with E-state index in [1.807, 2.05) is 25.8 Å². The van der Waals surface area contributed by atoms with Gasteiger partial charge in [0.25, 0.3) is 0 Å². The maximum absolute atomic E-state index is 11.8. The number of carbonyl (C=O) groups excluding carboxylic acids is 1. The Morgan fingerprint density at radius 3 is 2.82 bits per heavy atom. The predicted molar refractivity (Wildman–Crippen MR) is 71.6 cm³/mol. The van der Waals surface area contributed by atoms with Gasteiger partial charge in [0.2, 0.25) is 5.91 Å².